The number of carbonyl (C=O) groups is 1. The van der Waals surface area contributed by atoms with Crippen molar-refractivity contribution in [2.75, 3.05) is 19.7 Å². The molecule has 1 fully saturated rings. The number of nitrogens with zero attached hydrogens (tertiary/aromatic N) is 2. The molecule has 1 aliphatic rings. The van der Waals surface area contributed by atoms with Gasteiger partial charge in [-0.15, -0.1) is 0 Å². The standard InChI is InChI=1S/C15H15F3N2O3/c1-2-22-13-7-10(8-19)3-4-11(13)23-12-5-6-20(14(12)21)9-15(16,17)18/h3-4,7,12H,2,5-6,9H2,1H3/t12-/m0/s1. The van der Waals surface area contributed by atoms with E-state index in [1.54, 1.807) is 6.92 Å². The van der Waals surface area contributed by atoms with E-state index in [2.05, 4.69) is 0 Å². The Morgan fingerprint density at radius 3 is 2.74 bits per heavy atom. The summed E-state index contributed by atoms with van der Waals surface area (Å²) in [6, 6.07) is 6.38. The molecule has 8 heteroatoms. The third-order valence-corrected chi connectivity index (χ3v) is 3.26. The van der Waals surface area contributed by atoms with Gasteiger partial charge in [0.1, 0.15) is 6.54 Å². The molecule has 0 aromatic heterocycles. The van der Waals surface area contributed by atoms with Crippen molar-refractivity contribution in [2.24, 2.45) is 0 Å². The minimum absolute atomic E-state index is 0.0107. The van der Waals surface area contributed by atoms with Gasteiger partial charge in [-0.1, -0.05) is 0 Å². The normalized spacial score (nSPS) is 18.0. The SMILES string of the molecule is CCOc1cc(C#N)ccc1O[C@H]1CCN(CC(F)(F)F)C1=O. The van der Waals surface area contributed by atoms with E-state index >= 15 is 0 Å². The Labute approximate surface area is 131 Å². The van der Waals surface area contributed by atoms with Crippen LogP contribution in [0.3, 0.4) is 0 Å². The lowest BCUT2D eigenvalue weighted by atomic mass is 10.2. The Bertz CT molecular complexity index is 625. The molecule has 124 valence electrons. The van der Waals surface area contributed by atoms with Gasteiger partial charge in [-0.05, 0) is 19.1 Å². The third kappa shape index (κ3) is 4.28. The van der Waals surface area contributed by atoms with Gasteiger partial charge in [0.05, 0.1) is 18.2 Å². The van der Waals surface area contributed by atoms with Crippen LogP contribution in [0.15, 0.2) is 18.2 Å². The van der Waals surface area contributed by atoms with E-state index < -0.39 is 24.7 Å². The summed E-state index contributed by atoms with van der Waals surface area (Å²) in [6.07, 6.45) is -5.25. The summed E-state index contributed by atoms with van der Waals surface area (Å²) in [6.45, 7) is 0.777. The van der Waals surface area contributed by atoms with Crippen molar-refractivity contribution in [3.63, 3.8) is 0 Å². The number of nitriles is 1. The molecule has 5 nitrogen and oxygen atoms in total. The molecule has 1 atom stereocenters. The molecular formula is C15H15F3N2O3. The van der Waals surface area contributed by atoms with Crippen molar-refractivity contribution in [2.45, 2.75) is 25.6 Å². The lowest BCUT2D eigenvalue weighted by molar-refractivity contribution is -0.159. The highest BCUT2D eigenvalue weighted by Crippen LogP contribution is 2.31. The van der Waals surface area contributed by atoms with Crippen molar-refractivity contribution in [3.05, 3.63) is 23.8 Å². The van der Waals surface area contributed by atoms with Crippen LogP contribution in [-0.4, -0.2) is 42.8 Å². The van der Waals surface area contributed by atoms with Crippen LogP contribution in [0.2, 0.25) is 0 Å². The van der Waals surface area contributed by atoms with E-state index in [0.717, 1.165) is 4.90 Å². The van der Waals surface area contributed by atoms with Crippen molar-refractivity contribution < 1.29 is 27.4 Å². The van der Waals surface area contributed by atoms with Gasteiger partial charge in [0.25, 0.3) is 5.91 Å². The first-order chi connectivity index (χ1) is 10.8. The van der Waals surface area contributed by atoms with Gasteiger partial charge in [0.15, 0.2) is 17.6 Å². The second-order valence-electron chi connectivity index (χ2n) is 4.98. The number of likely N-dealkylation sites (tertiary alicyclic amines) is 1. The van der Waals surface area contributed by atoms with Crippen LogP contribution >= 0.6 is 0 Å². The maximum absolute atomic E-state index is 12.4. The highest BCUT2D eigenvalue weighted by Gasteiger charge is 2.40. The molecule has 1 saturated heterocycles. The lowest BCUT2D eigenvalue weighted by Gasteiger charge is -2.19. The molecule has 1 aliphatic heterocycles. The van der Waals surface area contributed by atoms with Gasteiger partial charge in [0, 0.05) is 19.0 Å². The molecule has 0 aliphatic carbocycles. The van der Waals surface area contributed by atoms with Gasteiger partial charge in [-0.25, -0.2) is 0 Å². The molecule has 0 spiro atoms. The van der Waals surface area contributed by atoms with Gasteiger partial charge in [-0.3, -0.25) is 4.79 Å². The molecule has 23 heavy (non-hydrogen) atoms. The summed E-state index contributed by atoms with van der Waals surface area (Å²) in [5.74, 6) is -0.180. The largest absolute Gasteiger partial charge is 0.490 e. The van der Waals surface area contributed by atoms with E-state index in [9.17, 15) is 18.0 Å². The molecule has 2 rings (SSSR count). The van der Waals surface area contributed by atoms with E-state index in [4.69, 9.17) is 14.7 Å². The number of hydrogen-bond donors (Lipinski definition) is 0. The molecule has 0 saturated carbocycles. The predicted molar refractivity (Wildman–Crippen MR) is 74.0 cm³/mol. The number of ether oxygens (including phenoxy) is 2. The minimum Gasteiger partial charge on any atom is -0.490 e. The summed E-state index contributed by atoms with van der Waals surface area (Å²) in [7, 11) is 0. The number of carbonyl (C=O) groups excluding carboxylic acids is 1. The van der Waals surface area contributed by atoms with Crippen LogP contribution in [0.25, 0.3) is 0 Å². The van der Waals surface area contributed by atoms with Crippen LogP contribution in [-0.2, 0) is 4.79 Å². The Morgan fingerprint density at radius 1 is 1.39 bits per heavy atom. The Kier molecular flexibility index (Phi) is 4.98. The van der Waals surface area contributed by atoms with Crippen molar-refractivity contribution in [3.8, 4) is 17.6 Å². The number of halogens is 3. The maximum atomic E-state index is 12.4. The molecule has 0 N–H and O–H groups in total. The molecule has 0 radical (unpaired) electrons. The summed E-state index contributed by atoms with van der Waals surface area (Å²) in [5, 5.41) is 8.88. The second kappa shape index (κ2) is 6.77. The number of alkyl halides is 3. The fourth-order valence-electron chi connectivity index (χ4n) is 2.29. The zero-order chi connectivity index (χ0) is 17.0. The van der Waals surface area contributed by atoms with Gasteiger partial charge < -0.3 is 14.4 Å². The third-order valence-electron chi connectivity index (χ3n) is 3.26. The first kappa shape index (κ1) is 16.9. The predicted octanol–water partition coefficient (Wildman–Crippen LogP) is 2.50. The van der Waals surface area contributed by atoms with Crippen molar-refractivity contribution >= 4 is 5.91 Å². The van der Waals surface area contributed by atoms with Crippen molar-refractivity contribution in [1.29, 1.82) is 5.26 Å². The lowest BCUT2D eigenvalue weighted by Crippen LogP contribution is -2.38. The second-order valence-corrected chi connectivity index (χ2v) is 4.98. The Hall–Kier alpha value is -2.43. The molecule has 1 aromatic carbocycles. The first-order valence-electron chi connectivity index (χ1n) is 7.03. The molecule has 1 aromatic rings. The minimum atomic E-state index is -4.44. The van der Waals surface area contributed by atoms with Gasteiger partial charge in [-0.2, -0.15) is 18.4 Å². The van der Waals surface area contributed by atoms with E-state index in [1.165, 1.54) is 18.2 Å². The monoisotopic (exact) mass is 328 g/mol. The summed E-state index contributed by atoms with van der Waals surface area (Å²) < 4.78 is 48.1. The average molecular weight is 328 g/mol. The molecule has 0 bridgehead atoms. The number of rotatable bonds is 5. The van der Waals surface area contributed by atoms with Crippen LogP contribution < -0.4 is 9.47 Å². The van der Waals surface area contributed by atoms with Gasteiger partial charge in [0.2, 0.25) is 0 Å². The summed E-state index contributed by atoms with van der Waals surface area (Å²) in [5.41, 5.74) is 0.359. The highest BCUT2D eigenvalue weighted by atomic mass is 19.4. The highest BCUT2D eigenvalue weighted by molar-refractivity contribution is 5.83. The molecule has 0 unspecified atom stereocenters. The fourth-order valence-corrected chi connectivity index (χ4v) is 2.29. The Morgan fingerprint density at radius 2 is 2.13 bits per heavy atom. The number of hydrogen-bond acceptors (Lipinski definition) is 4. The number of benzene rings is 1. The smallest absolute Gasteiger partial charge is 0.406 e. The van der Waals surface area contributed by atoms with Crippen LogP contribution in [0.4, 0.5) is 13.2 Å². The average Bonchev–Trinajstić information content (AvgIpc) is 2.80. The zero-order valence-electron chi connectivity index (χ0n) is 12.4. The number of amides is 1. The van der Waals surface area contributed by atoms with Gasteiger partial charge >= 0.3 is 6.18 Å². The summed E-state index contributed by atoms with van der Waals surface area (Å²) >= 11 is 0. The van der Waals surface area contributed by atoms with E-state index in [0.29, 0.717) is 12.2 Å². The van der Waals surface area contributed by atoms with Crippen molar-refractivity contribution in [1.82, 2.24) is 4.90 Å². The quantitative estimate of drug-likeness (QED) is 0.833. The van der Waals surface area contributed by atoms with Crippen LogP contribution in [0, 0.1) is 11.3 Å². The van der Waals surface area contributed by atoms with Crippen LogP contribution in [0.1, 0.15) is 18.9 Å². The molecule has 1 heterocycles. The molecule has 1 amide bonds. The van der Waals surface area contributed by atoms with Crippen LogP contribution in [0.5, 0.6) is 11.5 Å². The maximum Gasteiger partial charge on any atom is 0.406 e. The zero-order valence-corrected chi connectivity index (χ0v) is 12.4. The first-order valence-corrected chi connectivity index (χ1v) is 7.03. The van der Waals surface area contributed by atoms with E-state index in [-0.39, 0.29) is 24.5 Å². The fraction of sp³-hybridized carbons (Fsp3) is 0.467. The summed E-state index contributed by atoms with van der Waals surface area (Å²) in [4.78, 5) is 12.7. The Balaban J connectivity index is 2.11. The molecular weight excluding hydrogens is 313 g/mol. The van der Waals surface area contributed by atoms with E-state index in [1.807, 2.05) is 6.07 Å². The topological polar surface area (TPSA) is 62.6 Å².